The number of hydrogen-bond acceptors (Lipinski definition) is 8. The van der Waals surface area contributed by atoms with Gasteiger partial charge in [0.15, 0.2) is 0 Å². The third-order valence-electron chi connectivity index (χ3n) is 3.82. The van der Waals surface area contributed by atoms with E-state index >= 15 is 0 Å². The predicted octanol–water partition coefficient (Wildman–Crippen LogP) is 1.01. The molecule has 1 amide bonds. The lowest BCUT2D eigenvalue weighted by atomic mass is 10.1. The molecule has 3 aromatic rings. The normalized spacial score (nSPS) is 11.1. The van der Waals surface area contributed by atoms with E-state index in [0.717, 1.165) is 17.0 Å². The molecular weight excluding hydrogens is 348 g/mol. The highest BCUT2D eigenvalue weighted by Gasteiger charge is 2.16. The van der Waals surface area contributed by atoms with E-state index in [-0.39, 0.29) is 17.6 Å². The Morgan fingerprint density at radius 2 is 1.96 bits per heavy atom. The minimum absolute atomic E-state index is 0.0127. The van der Waals surface area contributed by atoms with Crippen LogP contribution in [-0.4, -0.2) is 44.3 Å². The highest BCUT2D eigenvalue weighted by molar-refractivity contribution is 5.95. The van der Waals surface area contributed by atoms with Crippen LogP contribution in [-0.2, 0) is 6.54 Å². The molecule has 2 aromatic heterocycles. The van der Waals surface area contributed by atoms with Crippen molar-refractivity contribution in [2.24, 2.45) is 0 Å². The molecule has 3 rings (SSSR count). The highest BCUT2D eigenvalue weighted by atomic mass is 16.6. The maximum Gasteiger partial charge on any atom is 0.277 e. The Hall–Kier alpha value is -3.27. The number of nitrogens with one attached hydrogen (secondary N) is 2. The Labute approximate surface area is 156 Å². The van der Waals surface area contributed by atoms with Crippen molar-refractivity contribution in [1.29, 1.82) is 0 Å². The number of rotatable bonds is 8. The molecule has 0 spiro atoms. The molecule has 0 radical (unpaired) electrons. The van der Waals surface area contributed by atoms with Gasteiger partial charge in [0.2, 0.25) is 11.5 Å². The van der Waals surface area contributed by atoms with E-state index in [0.29, 0.717) is 19.6 Å². The first-order valence-corrected chi connectivity index (χ1v) is 8.64. The molecule has 0 saturated heterocycles. The molecule has 0 saturated carbocycles. The number of nitrogens with zero attached hydrogens (tertiary/aromatic N) is 5. The van der Waals surface area contributed by atoms with Crippen molar-refractivity contribution in [2.75, 3.05) is 18.8 Å². The number of benzene rings is 1. The molecule has 0 aliphatic rings. The second kappa shape index (κ2) is 8.41. The second-order valence-electron chi connectivity index (χ2n) is 6.21. The van der Waals surface area contributed by atoms with Crippen LogP contribution < -0.4 is 16.4 Å². The van der Waals surface area contributed by atoms with Gasteiger partial charge in [-0.3, -0.25) is 4.79 Å². The minimum atomic E-state index is -0.425. The lowest BCUT2D eigenvalue weighted by Gasteiger charge is -2.05. The molecule has 27 heavy (non-hydrogen) atoms. The van der Waals surface area contributed by atoms with Gasteiger partial charge in [0.1, 0.15) is 11.4 Å². The fourth-order valence-electron chi connectivity index (χ4n) is 2.43. The van der Waals surface area contributed by atoms with Crippen LogP contribution in [0.25, 0.3) is 11.3 Å². The van der Waals surface area contributed by atoms with Crippen LogP contribution in [0.2, 0.25) is 0 Å². The first-order valence-electron chi connectivity index (χ1n) is 8.64. The van der Waals surface area contributed by atoms with Crippen LogP contribution in [0.4, 0.5) is 5.82 Å². The summed E-state index contributed by atoms with van der Waals surface area (Å²) in [6.07, 6.45) is 0. The van der Waals surface area contributed by atoms with Crippen molar-refractivity contribution in [3.05, 3.63) is 41.7 Å². The largest absolute Gasteiger partial charge is 0.379 e. The van der Waals surface area contributed by atoms with E-state index in [9.17, 15) is 4.79 Å². The predicted molar refractivity (Wildman–Crippen MR) is 98.6 cm³/mol. The number of anilines is 1. The lowest BCUT2D eigenvalue weighted by Crippen LogP contribution is -2.32. The first-order chi connectivity index (χ1) is 13.1. The molecule has 2 heterocycles. The van der Waals surface area contributed by atoms with Gasteiger partial charge in [-0.25, -0.2) is 4.63 Å². The molecule has 10 heteroatoms. The maximum atomic E-state index is 11.9. The van der Waals surface area contributed by atoms with Gasteiger partial charge in [0.25, 0.3) is 5.91 Å². The van der Waals surface area contributed by atoms with E-state index < -0.39 is 5.91 Å². The van der Waals surface area contributed by atoms with Crippen molar-refractivity contribution in [1.82, 2.24) is 35.9 Å². The zero-order valence-corrected chi connectivity index (χ0v) is 15.2. The van der Waals surface area contributed by atoms with Gasteiger partial charge in [-0.15, -0.1) is 0 Å². The first kappa shape index (κ1) is 18.5. The number of amides is 1. The van der Waals surface area contributed by atoms with Crippen LogP contribution in [0.3, 0.4) is 0 Å². The fraction of sp³-hybridized carbons (Fsp3) is 0.353. The molecule has 0 bridgehead atoms. The standard InChI is InChI=1S/C17H22N8O2/c1-11(2)25-21-13(14(22-25)12-6-4-3-5-7-12)10-19-8-9-20-17(26)15-16(18)24-27-23-15/h3-7,11,19H,8-10H2,1-2H3,(H2,18,24)(H,20,26). The zero-order chi connectivity index (χ0) is 19.2. The van der Waals surface area contributed by atoms with Gasteiger partial charge >= 0.3 is 0 Å². The van der Waals surface area contributed by atoms with Crippen molar-refractivity contribution < 1.29 is 9.42 Å². The summed E-state index contributed by atoms with van der Waals surface area (Å²) in [5.41, 5.74) is 8.19. The third-order valence-corrected chi connectivity index (χ3v) is 3.82. The molecule has 0 unspecified atom stereocenters. The summed E-state index contributed by atoms with van der Waals surface area (Å²) in [7, 11) is 0. The van der Waals surface area contributed by atoms with Gasteiger partial charge in [-0.05, 0) is 24.2 Å². The van der Waals surface area contributed by atoms with Gasteiger partial charge in [0, 0.05) is 25.2 Å². The number of nitrogen functional groups attached to an aromatic ring is 1. The van der Waals surface area contributed by atoms with Crippen molar-refractivity contribution in [2.45, 2.75) is 26.4 Å². The molecule has 0 fully saturated rings. The van der Waals surface area contributed by atoms with E-state index in [2.05, 4.69) is 35.8 Å². The summed E-state index contributed by atoms with van der Waals surface area (Å²) in [6.45, 7) is 5.53. The summed E-state index contributed by atoms with van der Waals surface area (Å²) in [4.78, 5) is 13.6. The fourth-order valence-corrected chi connectivity index (χ4v) is 2.43. The van der Waals surface area contributed by atoms with Crippen LogP contribution in [0, 0.1) is 0 Å². The van der Waals surface area contributed by atoms with E-state index in [1.165, 1.54) is 0 Å². The topological polar surface area (TPSA) is 137 Å². The van der Waals surface area contributed by atoms with E-state index in [4.69, 9.17) is 5.73 Å². The smallest absolute Gasteiger partial charge is 0.277 e. The van der Waals surface area contributed by atoms with Crippen LogP contribution in [0.1, 0.15) is 36.1 Å². The Morgan fingerprint density at radius 1 is 1.19 bits per heavy atom. The number of hydrogen-bond donors (Lipinski definition) is 3. The van der Waals surface area contributed by atoms with Crippen molar-refractivity contribution >= 4 is 11.7 Å². The number of nitrogens with two attached hydrogens (primary N) is 1. The summed E-state index contributed by atoms with van der Waals surface area (Å²) in [5, 5.41) is 22.0. The van der Waals surface area contributed by atoms with Crippen LogP contribution in [0.5, 0.6) is 0 Å². The number of carbonyl (C=O) groups excluding carboxylic acids is 1. The second-order valence-corrected chi connectivity index (χ2v) is 6.21. The van der Waals surface area contributed by atoms with Gasteiger partial charge in [-0.2, -0.15) is 15.0 Å². The average Bonchev–Trinajstić information content (AvgIpc) is 3.28. The van der Waals surface area contributed by atoms with Crippen molar-refractivity contribution in [3.8, 4) is 11.3 Å². The summed E-state index contributed by atoms with van der Waals surface area (Å²) < 4.78 is 4.41. The SMILES string of the molecule is CC(C)n1nc(CNCCNC(=O)c2nonc2N)c(-c2ccccc2)n1. The molecule has 1 aromatic carbocycles. The Balaban J connectivity index is 1.56. The van der Waals surface area contributed by atoms with Gasteiger partial charge in [0.05, 0.1) is 6.04 Å². The van der Waals surface area contributed by atoms with Gasteiger partial charge in [-0.1, -0.05) is 30.3 Å². The number of carbonyl (C=O) groups is 1. The Bertz CT molecular complexity index is 887. The quantitative estimate of drug-likeness (QED) is 0.500. The molecular formula is C17H22N8O2. The minimum Gasteiger partial charge on any atom is -0.379 e. The molecule has 0 atom stereocenters. The van der Waals surface area contributed by atoms with Crippen molar-refractivity contribution in [3.63, 3.8) is 0 Å². The van der Waals surface area contributed by atoms with E-state index in [1.54, 1.807) is 4.80 Å². The average molecular weight is 370 g/mol. The van der Waals surface area contributed by atoms with Crippen LogP contribution >= 0.6 is 0 Å². The molecule has 0 aliphatic carbocycles. The molecule has 4 N–H and O–H groups in total. The monoisotopic (exact) mass is 370 g/mol. The van der Waals surface area contributed by atoms with Gasteiger partial charge < -0.3 is 16.4 Å². The van der Waals surface area contributed by atoms with Crippen LogP contribution in [0.15, 0.2) is 35.0 Å². The highest BCUT2D eigenvalue weighted by Crippen LogP contribution is 2.21. The third kappa shape index (κ3) is 4.47. The molecule has 142 valence electrons. The zero-order valence-electron chi connectivity index (χ0n) is 15.2. The maximum absolute atomic E-state index is 11.9. The molecule has 10 nitrogen and oxygen atoms in total. The molecule has 0 aliphatic heterocycles. The summed E-state index contributed by atoms with van der Waals surface area (Å²) in [5.74, 6) is -0.454. The summed E-state index contributed by atoms with van der Waals surface area (Å²) in [6, 6.07) is 10.1. The number of aromatic nitrogens is 5. The lowest BCUT2D eigenvalue weighted by molar-refractivity contribution is 0.0944. The summed E-state index contributed by atoms with van der Waals surface area (Å²) >= 11 is 0. The Kier molecular flexibility index (Phi) is 5.77. The van der Waals surface area contributed by atoms with E-state index in [1.807, 2.05) is 44.2 Å². The Morgan fingerprint density at radius 3 is 2.63 bits per heavy atom.